The Labute approximate surface area is 374 Å². The van der Waals surface area contributed by atoms with Crippen molar-refractivity contribution in [2.75, 3.05) is 25.6 Å². The van der Waals surface area contributed by atoms with Crippen LogP contribution in [-0.4, -0.2) is 108 Å². The Morgan fingerprint density at radius 3 is 2.59 bits per heavy atom. The first kappa shape index (κ1) is 43.3. The number of carbonyl (C=O) groups excluding carboxylic acids is 2. The number of aliphatic hydroxyl groups is 7. The zero-order chi connectivity index (χ0) is 43.9. The summed E-state index contributed by atoms with van der Waals surface area (Å²) in [4.78, 5) is 31.0. The van der Waals surface area contributed by atoms with Gasteiger partial charge in [0.2, 0.25) is 6.29 Å². The maximum atomic E-state index is 15.8. The molecular formula is C48H56N2O11S2. The summed E-state index contributed by atoms with van der Waals surface area (Å²) in [7, 11) is 2.83. The molecule has 1 saturated heterocycles. The summed E-state index contributed by atoms with van der Waals surface area (Å²) < 4.78 is 13.0. The molecule has 15 heteroatoms. The number of dihydropyridines is 1. The predicted molar refractivity (Wildman–Crippen MR) is 236 cm³/mol. The van der Waals surface area contributed by atoms with Crippen molar-refractivity contribution >= 4 is 33.2 Å². The molecule has 3 fully saturated rings. The van der Waals surface area contributed by atoms with Crippen LogP contribution in [0, 0.1) is 28.6 Å². The molecule has 11 unspecified atom stereocenters. The number of fused-ring (bicyclic) bond motifs is 2. The molecule has 11 atom stereocenters. The lowest BCUT2D eigenvalue weighted by atomic mass is 9.48. The molecule has 5 aliphatic carbocycles. The first-order valence-corrected chi connectivity index (χ1v) is 24.7. The van der Waals surface area contributed by atoms with Gasteiger partial charge in [-0.25, -0.2) is 0 Å². The number of hydrogen-bond acceptors (Lipinski definition) is 15. The second-order valence-electron chi connectivity index (χ2n) is 18.8. The highest BCUT2D eigenvalue weighted by Crippen LogP contribution is 2.67. The minimum absolute atomic E-state index is 0.0551. The average molecular weight is 901 g/mol. The van der Waals surface area contributed by atoms with E-state index >= 15 is 9.59 Å². The molecular weight excluding hydrogens is 845 g/mol. The quantitative estimate of drug-likeness (QED) is 0.175. The highest BCUT2D eigenvalue weighted by Gasteiger charge is 2.73. The minimum atomic E-state index is -2.22. The van der Waals surface area contributed by atoms with E-state index < -0.39 is 75.8 Å². The fraction of sp³-hybridized carbons (Fsp3) is 0.542. The summed E-state index contributed by atoms with van der Waals surface area (Å²) in [5.74, 6) is -1.88. The van der Waals surface area contributed by atoms with Gasteiger partial charge in [0.25, 0.3) is 0 Å². The number of rotatable bonds is 7. The second-order valence-corrected chi connectivity index (χ2v) is 21.4. The van der Waals surface area contributed by atoms with E-state index in [0.717, 1.165) is 49.1 Å². The third-order valence-corrected chi connectivity index (χ3v) is 18.6. The van der Waals surface area contributed by atoms with Crippen LogP contribution >= 0.6 is 21.6 Å². The molecule has 2 aromatic carbocycles. The number of nitrogens with one attached hydrogen (secondary N) is 2. The third kappa shape index (κ3) is 6.39. The van der Waals surface area contributed by atoms with Gasteiger partial charge in [0.1, 0.15) is 40.3 Å². The van der Waals surface area contributed by atoms with Gasteiger partial charge in [-0.15, -0.1) is 0 Å². The Kier molecular flexibility index (Phi) is 11.2. The monoisotopic (exact) mass is 900 g/mol. The van der Waals surface area contributed by atoms with Crippen LogP contribution in [0.1, 0.15) is 89.6 Å². The normalized spacial score (nSPS) is 38.1. The highest BCUT2D eigenvalue weighted by atomic mass is 33.1. The number of Topliss-reactive ketones (excluding diaryl/α,β-unsaturated/α-hetero) is 2. The summed E-state index contributed by atoms with van der Waals surface area (Å²) in [6, 6.07) is 12.0. The van der Waals surface area contributed by atoms with E-state index in [9.17, 15) is 35.7 Å². The van der Waals surface area contributed by atoms with E-state index in [1.807, 2.05) is 18.2 Å². The maximum Gasteiger partial charge on any atom is 0.229 e. The van der Waals surface area contributed by atoms with E-state index in [-0.39, 0.29) is 61.0 Å². The predicted octanol–water partition coefficient (Wildman–Crippen LogP) is 4.52. The zero-order valence-corrected chi connectivity index (χ0v) is 36.6. The molecule has 2 saturated carbocycles. The molecule has 10 rings (SSSR count). The SMILES string of the molecule is O=C1c2cccc3c2C(=O)C2(C(O)=CC(Cc4cccc(CO)c4)=CC12)C(CCCO)SSCNC1=CC2=C(CCC4CCCC24C2CCC4(CO)OC(O3)C(O)C2(O)C4O)CN1. The lowest BCUT2D eigenvalue weighted by molar-refractivity contribution is -0.384. The molecule has 7 bridgehead atoms. The molecule has 9 N–H and O–H groups in total. The van der Waals surface area contributed by atoms with Gasteiger partial charge in [-0.2, -0.15) is 0 Å². The van der Waals surface area contributed by atoms with Gasteiger partial charge in [-0.1, -0.05) is 70.5 Å². The number of ketones is 2. The summed E-state index contributed by atoms with van der Waals surface area (Å²) in [5, 5.41) is 87.9. The van der Waals surface area contributed by atoms with Gasteiger partial charge in [0.15, 0.2) is 11.6 Å². The third-order valence-electron chi connectivity index (χ3n) is 15.9. The van der Waals surface area contributed by atoms with E-state index in [1.54, 1.807) is 30.4 Å². The molecule has 3 heterocycles. The molecule has 63 heavy (non-hydrogen) atoms. The second kappa shape index (κ2) is 16.4. The molecule has 336 valence electrons. The standard InChI is InChI=1S/C48H56N2O11S2/c51-16-4-10-37-47-33(19-28(20-36(47)54)18-26-5-1-6-27(17-26)23-52)40(55)31-8-2-9-34(39(31)41(47)56)60-43-42(57)48(59)35(13-15-45(24-53,61-43)44(48)58)46-14-3-7-30(46)12-11-29-22-49-38(21-32(29)46)50-25-62-63-37/h1-2,5-6,8-9,17,19-21,30,33,35,37,42-44,49-54,57-59H,3-4,7,10-16,18,22-25H2. The molecule has 0 radical (unpaired) electrons. The minimum Gasteiger partial charge on any atom is -0.511 e. The van der Waals surface area contributed by atoms with Gasteiger partial charge in [0.05, 0.1) is 36.4 Å². The van der Waals surface area contributed by atoms with Gasteiger partial charge in [-0.05, 0) is 110 Å². The molecule has 13 nitrogen and oxygen atoms in total. The van der Waals surface area contributed by atoms with Crippen LogP contribution in [0.15, 0.2) is 89.0 Å². The summed E-state index contributed by atoms with van der Waals surface area (Å²) in [6.45, 7) is -0.422. The van der Waals surface area contributed by atoms with Crippen molar-refractivity contribution in [3.63, 3.8) is 0 Å². The Hall–Kier alpha value is -3.64. The van der Waals surface area contributed by atoms with Crippen LogP contribution in [0.3, 0.4) is 0 Å². The largest absolute Gasteiger partial charge is 0.511 e. The Bertz CT molecular complexity index is 2330. The van der Waals surface area contributed by atoms with Crippen LogP contribution < -0.4 is 15.4 Å². The summed E-state index contributed by atoms with van der Waals surface area (Å²) in [6.07, 6.45) is 6.01. The molecule has 2 aromatic rings. The lowest BCUT2D eigenvalue weighted by Crippen LogP contribution is -2.79. The molecule has 0 aromatic heterocycles. The average Bonchev–Trinajstić information content (AvgIpc) is 3.73. The van der Waals surface area contributed by atoms with E-state index in [4.69, 9.17) is 9.47 Å². The first-order valence-electron chi connectivity index (χ1n) is 22.3. The number of ether oxygens (including phenoxy) is 2. The van der Waals surface area contributed by atoms with Crippen molar-refractivity contribution < 1.29 is 54.8 Å². The molecule has 2 spiro atoms. The van der Waals surface area contributed by atoms with Gasteiger partial charge in [0, 0.05) is 35.3 Å². The van der Waals surface area contributed by atoms with Crippen LogP contribution in [0.2, 0.25) is 0 Å². The van der Waals surface area contributed by atoms with Crippen molar-refractivity contribution in [1.82, 2.24) is 10.6 Å². The van der Waals surface area contributed by atoms with Crippen molar-refractivity contribution in [3.8, 4) is 5.75 Å². The van der Waals surface area contributed by atoms with Gasteiger partial charge < -0.3 is 55.9 Å². The van der Waals surface area contributed by atoms with E-state index in [0.29, 0.717) is 36.4 Å². The van der Waals surface area contributed by atoms with Crippen LogP contribution in [0.5, 0.6) is 5.75 Å². The van der Waals surface area contributed by atoms with Crippen LogP contribution in [-0.2, 0) is 17.8 Å². The lowest BCUT2D eigenvalue weighted by Gasteiger charge is -2.64. The van der Waals surface area contributed by atoms with Crippen LogP contribution in [0.4, 0.5) is 0 Å². The number of benzene rings is 2. The maximum absolute atomic E-state index is 15.8. The Morgan fingerprint density at radius 2 is 1.78 bits per heavy atom. The van der Waals surface area contributed by atoms with Gasteiger partial charge >= 0.3 is 0 Å². The fourth-order valence-corrected chi connectivity index (χ4v) is 15.9. The smallest absolute Gasteiger partial charge is 0.229 e. The zero-order valence-electron chi connectivity index (χ0n) is 35.0. The molecule has 0 amide bonds. The number of carbonyl (C=O) groups is 2. The van der Waals surface area contributed by atoms with Crippen molar-refractivity contribution in [3.05, 3.63) is 111 Å². The first-order chi connectivity index (χ1) is 30.5. The number of hydrogen-bond donors (Lipinski definition) is 9. The number of aliphatic hydroxyl groups excluding tert-OH is 6. The Morgan fingerprint density at radius 1 is 0.952 bits per heavy atom. The van der Waals surface area contributed by atoms with Crippen molar-refractivity contribution in [1.29, 1.82) is 0 Å². The summed E-state index contributed by atoms with van der Waals surface area (Å²) in [5.41, 5.74) is -1.90. The van der Waals surface area contributed by atoms with E-state index in [2.05, 4.69) is 16.7 Å². The van der Waals surface area contributed by atoms with Crippen molar-refractivity contribution in [2.24, 2.45) is 28.6 Å². The fourth-order valence-electron chi connectivity index (χ4n) is 13.1. The Balaban J connectivity index is 1.14. The topological polar surface area (TPSA) is 218 Å². The molecule has 3 aliphatic heterocycles. The van der Waals surface area contributed by atoms with Crippen LogP contribution in [0.25, 0.3) is 0 Å². The molecule has 8 aliphatic rings. The van der Waals surface area contributed by atoms with Gasteiger partial charge in [-0.3, -0.25) is 9.59 Å². The highest BCUT2D eigenvalue weighted by molar-refractivity contribution is 8.76. The van der Waals surface area contributed by atoms with Crippen molar-refractivity contribution in [2.45, 2.75) is 106 Å². The summed E-state index contributed by atoms with van der Waals surface area (Å²) >= 11 is 0. The number of allylic oxidation sites excluding steroid dienone is 6. The van der Waals surface area contributed by atoms with E-state index in [1.165, 1.54) is 33.2 Å².